The van der Waals surface area contributed by atoms with E-state index in [0.29, 0.717) is 24.6 Å². The zero-order valence-corrected chi connectivity index (χ0v) is 12.3. The number of nitrogens with zero attached hydrogens (tertiary/aromatic N) is 3. The molecule has 0 aromatic heterocycles. The van der Waals surface area contributed by atoms with Gasteiger partial charge in [0, 0.05) is 18.8 Å². The highest BCUT2D eigenvalue weighted by atomic mass is 19.4. The Kier molecular flexibility index (Phi) is 4.85. The van der Waals surface area contributed by atoms with Crippen molar-refractivity contribution in [3.05, 3.63) is 41.2 Å². The van der Waals surface area contributed by atoms with E-state index in [0.717, 1.165) is 6.07 Å². The Labute approximate surface area is 126 Å². The molecule has 0 N–H and O–H groups in total. The maximum Gasteiger partial charge on any atom is 0.417 e. The third-order valence-electron chi connectivity index (χ3n) is 3.08. The summed E-state index contributed by atoms with van der Waals surface area (Å²) in [5, 5.41) is 7.68. The molecule has 0 amide bonds. The number of amidine groups is 1. The molecule has 4 nitrogen and oxygen atoms in total. The summed E-state index contributed by atoms with van der Waals surface area (Å²) in [6.45, 7) is 2.66. The van der Waals surface area contributed by atoms with Crippen molar-refractivity contribution in [2.24, 2.45) is 10.2 Å². The zero-order chi connectivity index (χ0) is 16.2. The maximum atomic E-state index is 13.2. The Morgan fingerprint density at radius 1 is 1.36 bits per heavy atom. The molecule has 0 radical (unpaired) electrons. The molecule has 1 heterocycles. The molecule has 0 fully saturated rings. The summed E-state index contributed by atoms with van der Waals surface area (Å²) < 4.78 is 44.7. The summed E-state index contributed by atoms with van der Waals surface area (Å²) in [5.74, 6) is 0.410. The van der Waals surface area contributed by atoms with Gasteiger partial charge in [-0.15, -0.1) is 5.10 Å². The number of ether oxygens (including phenoxy) is 1. The van der Waals surface area contributed by atoms with Crippen LogP contribution < -0.4 is 0 Å². The normalized spacial score (nSPS) is 15.3. The van der Waals surface area contributed by atoms with E-state index < -0.39 is 11.7 Å². The van der Waals surface area contributed by atoms with Gasteiger partial charge in [-0.05, 0) is 24.6 Å². The van der Waals surface area contributed by atoms with E-state index in [1.165, 1.54) is 18.4 Å². The minimum absolute atomic E-state index is 0.0484. The summed E-state index contributed by atoms with van der Waals surface area (Å²) in [5.41, 5.74) is -0.306. The smallest absolute Gasteiger partial charge is 0.417 e. The predicted molar refractivity (Wildman–Crippen MR) is 79.8 cm³/mol. The summed E-state index contributed by atoms with van der Waals surface area (Å²) in [7, 11) is 1.75. The lowest BCUT2D eigenvalue weighted by molar-refractivity contribution is -0.137. The molecule has 1 aromatic carbocycles. The maximum absolute atomic E-state index is 13.2. The fourth-order valence-corrected chi connectivity index (χ4v) is 2.00. The third-order valence-corrected chi connectivity index (χ3v) is 3.08. The topological polar surface area (TPSA) is 37.2 Å². The van der Waals surface area contributed by atoms with Crippen LogP contribution in [0.25, 0.3) is 6.08 Å². The van der Waals surface area contributed by atoms with Crippen LogP contribution in [0.2, 0.25) is 0 Å². The number of hydrogen-bond donors (Lipinski definition) is 0. The van der Waals surface area contributed by atoms with Gasteiger partial charge in [0.2, 0.25) is 0 Å². The van der Waals surface area contributed by atoms with E-state index in [4.69, 9.17) is 4.74 Å². The highest BCUT2D eigenvalue weighted by molar-refractivity contribution is 6.01. The first-order valence-corrected chi connectivity index (χ1v) is 6.74. The summed E-state index contributed by atoms with van der Waals surface area (Å²) in [6.07, 6.45) is -0.300. The van der Waals surface area contributed by atoms with Gasteiger partial charge in [-0.3, -0.25) is 0 Å². The van der Waals surface area contributed by atoms with Crippen LogP contribution in [-0.2, 0) is 10.9 Å². The lowest BCUT2D eigenvalue weighted by atomic mass is 10.0. The van der Waals surface area contributed by atoms with Gasteiger partial charge < -0.3 is 9.64 Å². The van der Waals surface area contributed by atoms with Gasteiger partial charge in [-0.2, -0.15) is 18.3 Å². The van der Waals surface area contributed by atoms with Crippen molar-refractivity contribution in [3.8, 4) is 0 Å². The van der Waals surface area contributed by atoms with Crippen LogP contribution in [0.15, 0.2) is 34.7 Å². The van der Waals surface area contributed by atoms with Gasteiger partial charge in [0.25, 0.3) is 0 Å². The molecule has 1 aliphatic heterocycles. The Hall–Kier alpha value is -2.31. The SMILES string of the molecule is CCO/C=C/c1ccc(C2=NN=CCN2C)cc1C(F)(F)F. The van der Waals surface area contributed by atoms with Gasteiger partial charge in [0.15, 0.2) is 5.84 Å². The van der Waals surface area contributed by atoms with Gasteiger partial charge in [-0.25, -0.2) is 0 Å². The molecular weight excluding hydrogens is 295 g/mol. The highest BCUT2D eigenvalue weighted by Crippen LogP contribution is 2.33. The number of halogens is 3. The third kappa shape index (κ3) is 3.66. The lowest BCUT2D eigenvalue weighted by Gasteiger charge is -2.22. The Balaban J connectivity index is 2.44. The molecule has 0 aliphatic carbocycles. The zero-order valence-electron chi connectivity index (χ0n) is 12.3. The molecule has 118 valence electrons. The molecule has 0 atom stereocenters. The first-order chi connectivity index (χ1) is 10.4. The molecule has 1 aromatic rings. The van der Waals surface area contributed by atoms with Gasteiger partial charge >= 0.3 is 6.18 Å². The molecular formula is C15H16F3N3O. The lowest BCUT2D eigenvalue weighted by Crippen LogP contribution is -2.31. The number of rotatable bonds is 4. The molecule has 0 spiro atoms. The van der Waals surface area contributed by atoms with Crippen LogP contribution in [0.4, 0.5) is 13.2 Å². The van der Waals surface area contributed by atoms with Crippen molar-refractivity contribution in [2.75, 3.05) is 20.2 Å². The molecule has 1 aliphatic rings. The monoisotopic (exact) mass is 311 g/mol. The Morgan fingerprint density at radius 2 is 2.14 bits per heavy atom. The molecule has 0 unspecified atom stereocenters. The second-order valence-electron chi connectivity index (χ2n) is 4.66. The predicted octanol–water partition coefficient (Wildman–Crippen LogP) is 3.39. The minimum atomic E-state index is -4.46. The molecule has 0 bridgehead atoms. The van der Waals surface area contributed by atoms with Gasteiger partial charge in [0.05, 0.1) is 25.0 Å². The van der Waals surface area contributed by atoms with Crippen molar-refractivity contribution in [1.29, 1.82) is 0 Å². The average Bonchev–Trinajstić information content (AvgIpc) is 2.47. The van der Waals surface area contributed by atoms with Crippen LogP contribution in [0.3, 0.4) is 0 Å². The first kappa shape index (κ1) is 16.1. The van der Waals surface area contributed by atoms with E-state index in [1.807, 2.05) is 0 Å². The number of hydrogen-bond acceptors (Lipinski definition) is 4. The highest BCUT2D eigenvalue weighted by Gasteiger charge is 2.33. The van der Waals surface area contributed by atoms with Gasteiger partial charge in [0.1, 0.15) is 0 Å². The summed E-state index contributed by atoms with van der Waals surface area (Å²) in [6, 6.07) is 4.08. The Bertz CT molecular complexity index is 621. The van der Waals surface area contributed by atoms with Crippen LogP contribution in [-0.4, -0.2) is 37.1 Å². The van der Waals surface area contributed by atoms with E-state index >= 15 is 0 Å². The first-order valence-electron chi connectivity index (χ1n) is 6.74. The fourth-order valence-electron chi connectivity index (χ4n) is 2.00. The molecule has 7 heteroatoms. The molecule has 0 saturated heterocycles. The quantitative estimate of drug-likeness (QED) is 0.799. The van der Waals surface area contributed by atoms with E-state index in [9.17, 15) is 13.2 Å². The van der Waals surface area contributed by atoms with E-state index in [-0.39, 0.29) is 5.56 Å². The van der Waals surface area contributed by atoms with E-state index in [1.54, 1.807) is 31.2 Å². The van der Waals surface area contributed by atoms with E-state index in [2.05, 4.69) is 10.2 Å². The minimum Gasteiger partial charge on any atom is -0.501 e. The van der Waals surface area contributed by atoms with Gasteiger partial charge in [-0.1, -0.05) is 12.1 Å². The second kappa shape index (κ2) is 6.64. The van der Waals surface area contributed by atoms with Crippen LogP contribution in [0.1, 0.15) is 23.6 Å². The van der Waals surface area contributed by atoms with Crippen molar-refractivity contribution in [3.63, 3.8) is 0 Å². The Morgan fingerprint density at radius 3 is 2.77 bits per heavy atom. The molecule has 2 rings (SSSR count). The molecule has 22 heavy (non-hydrogen) atoms. The van der Waals surface area contributed by atoms with Crippen LogP contribution in [0, 0.1) is 0 Å². The second-order valence-corrected chi connectivity index (χ2v) is 4.66. The van der Waals surface area contributed by atoms with Crippen molar-refractivity contribution in [2.45, 2.75) is 13.1 Å². The standard InChI is InChI=1S/C15H16F3N3O/c1-3-22-9-6-11-4-5-12(10-13(11)15(16,17)18)14-20-19-7-8-21(14)2/h4-7,9-10H,3,8H2,1-2H3/b9-6+. The molecule has 0 saturated carbocycles. The van der Waals surface area contributed by atoms with Crippen LogP contribution >= 0.6 is 0 Å². The largest absolute Gasteiger partial charge is 0.501 e. The van der Waals surface area contributed by atoms with Crippen molar-refractivity contribution < 1.29 is 17.9 Å². The summed E-state index contributed by atoms with van der Waals surface area (Å²) >= 11 is 0. The van der Waals surface area contributed by atoms with Crippen molar-refractivity contribution in [1.82, 2.24) is 4.90 Å². The van der Waals surface area contributed by atoms with Crippen molar-refractivity contribution >= 4 is 18.1 Å². The number of alkyl halides is 3. The number of benzene rings is 1. The fraction of sp³-hybridized carbons (Fsp3) is 0.333. The van der Waals surface area contributed by atoms with Crippen LogP contribution in [0.5, 0.6) is 0 Å². The average molecular weight is 311 g/mol. The summed E-state index contributed by atoms with van der Waals surface area (Å²) in [4.78, 5) is 1.73.